The van der Waals surface area contributed by atoms with Gasteiger partial charge in [0.2, 0.25) is 11.9 Å². The van der Waals surface area contributed by atoms with Gasteiger partial charge in [0, 0.05) is 13.1 Å². The minimum atomic E-state index is -0.336. The van der Waals surface area contributed by atoms with Crippen LogP contribution < -0.4 is 20.9 Å². The van der Waals surface area contributed by atoms with E-state index >= 15 is 0 Å². The molecule has 2 rings (SSSR count). The highest BCUT2D eigenvalue weighted by Gasteiger charge is 2.23. The monoisotopic (exact) mass is 240 g/mol. The van der Waals surface area contributed by atoms with Crippen LogP contribution in [0.2, 0.25) is 0 Å². The zero-order valence-corrected chi connectivity index (χ0v) is 9.63. The summed E-state index contributed by atoms with van der Waals surface area (Å²) >= 11 is 0. The Labute approximate surface area is 98.8 Å². The van der Waals surface area contributed by atoms with Gasteiger partial charge in [-0.3, -0.25) is 5.43 Å². The Morgan fingerprint density at radius 1 is 1.53 bits per heavy atom. The summed E-state index contributed by atoms with van der Waals surface area (Å²) in [5, 5.41) is 9.48. The first-order chi connectivity index (χ1) is 8.22. The first kappa shape index (κ1) is 11.8. The van der Waals surface area contributed by atoms with Crippen LogP contribution in [-0.4, -0.2) is 45.9 Å². The van der Waals surface area contributed by atoms with E-state index in [0.29, 0.717) is 32.1 Å². The molecule has 17 heavy (non-hydrogen) atoms. The van der Waals surface area contributed by atoms with Gasteiger partial charge in [0.1, 0.15) is 0 Å². The number of hydrazine groups is 1. The van der Waals surface area contributed by atoms with Crippen LogP contribution in [0.15, 0.2) is 0 Å². The first-order valence-electron chi connectivity index (χ1n) is 5.51. The Hall–Kier alpha value is -1.67. The minimum Gasteiger partial charge on any atom is -0.464 e. The number of β-amino-alcohol motifs (C(OH)–C–C–N with tert-alkyl or cyclic N) is 1. The Kier molecular flexibility index (Phi) is 3.55. The molecule has 0 saturated carbocycles. The molecule has 0 spiro atoms. The summed E-state index contributed by atoms with van der Waals surface area (Å²) in [5.74, 6) is 6.00. The molecule has 1 aliphatic heterocycles. The highest BCUT2D eigenvalue weighted by molar-refractivity contribution is 5.38. The number of nitrogens with zero attached hydrogens (tertiary/aromatic N) is 4. The Balaban J connectivity index is 2.23. The van der Waals surface area contributed by atoms with Crippen molar-refractivity contribution in [2.24, 2.45) is 5.84 Å². The fourth-order valence-electron chi connectivity index (χ4n) is 1.67. The highest BCUT2D eigenvalue weighted by Crippen LogP contribution is 2.19. The van der Waals surface area contributed by atoms with Crippen molar-refractivity contribution in [3.8, 4) is 6.01 Å². The third kappa shape index (κ3) is 2.71. The van der Waals surface area contributed by atoms with Crippen LogP contribution in [-0.2, 0) is 0 Å². The van der Waals surface area contributed by atoms with E-state index in [9.17, 15) is 5.11 Å². The number of rotatable bonds is 4. The molecule has 0 bridgehead atoms. The zero-order chi connectivity index (χ0) is 12.3. The smallest absolute Gasteiger partial charge is 0.323 e. The van der Waals surface area contributed by atoms with E-state index in [1.54, 1.807) is 0 Å². The lowest BCUT2D eigenvalue weighted by atomic mass is 10.3. The summed E-state index contributed by atoms with van der Waals surface area (Å²) in [4.78, 5) is 14.1. The average Bonchev–Trinajstić information content (AvgIpc) is 2.76. The Bertz CT molecular complexity index is 388. The van der Waals surface area contributed by atoms with Gasteiger partial charge < -0.3 is 14.7 Å². The van der Waals surface area contributed by atoms with Crippen LogP contribution in [0.4, 0.5) is 11.9 Å². The van der Waals surface area contributed by atoms with Gasteiger partial charge in [0.15, 0.2) is 0 Å². The van der Waals surface area contributed by atoms with E-state index in [1.807, 2.05) is 11.8 Å². The van der Waals surface area contributed by atoms with E-state index < -0.39 is 0 Å². The number of anilines is 2. The van der Waals surface area contributed by atoms with Crippen molar-refractivity contribution in [1.29, 1.82) is 0 Å². The molecule has 1 aromatic rings. The van der Waals surface area contributed by atoms with Crippen LogP contribution in [0.5, 0.6) is 6.01 Å². The van der Waals surface area contributed by atoms with Crippen molar-refractivity contribution in [3.05, 3.63) is 0 Å². The topological polar surface area (TPSA) is 109 Å². The number of aliphatic hydroxyl groups is 1. The van der Waals surface area contributed by atoms with Gasteiger partial charge in [0.25, 0.3) is 0 Å². The Morgan fingerprint density at radius 2 is 2.35 bits per heavy atom. The van der Waals surface area contributed by atoms with E-state index in [1.165, 1.54) is 0 Å². The molecule has 4 N–H and O–H groups in total. The predicted octanol–water partition coefficient (Wildman–Crippen LogP) is -0.873. The zero-order valence-electron chi connectivity index (χ0n) is 9.63. The molecule has 1 aliphatic rings. The van der Waals surface area contributed by atoms with Crippen molar-refractivity contribution >= 4 is 11.9 Å². The van der Waals surface area contributed by atoms with Crippen LogP contribution in [0, 0.1) is 0 Å². The van der Waals surface area contributed by atoms with Crippen LogP contribution in [0.1, 0.15) is 13.3 Å². The second kappa shape index (κ2) is 5.11. The standard InChI is InChI=1S/C9H16N6O2/c1-2-17-9-12-7(14-10)11-8(13-9)15-4-3-6(16)5-15/h6,16H,2-5,10H2,1H3,(H,11,12,13,14). The van der Waals surface area contributed by atoms with Gasteiger partial charge in [-0.1, -0.05) is 0 Å². The molecule has 94 valence electrons. The number of nitrogen functional groups attached to an aromatic ring is 1. The van der Waals surface area contributed by atoms with E-state index in [2.05, 4.69) is 20.4 Å². The van der Waals surface area contributed by atoms with Crippen molar-refractivity contribution < 1.29 is 9.84 Å². The van der Waals surface area contributed by atoms with Gasteiger partial charge in [-0.15, -0.1) is 0 Å². The fraction of sp³-hybridized carbons (Fsp3) is 0.667. The van der Waals surface area contributed by atoms with Crippen molar-refractivity contribution in [3.63, 3.8) is 0 Å². The van der Waals surface area contributed by atoms with Gasteiger partial charge in [-0.05, 0) is 13.3 Å². The number of aliphatic hydroxyl groups excluding tert-OH is 1. The lowest BCUT2D eigenvalue weighted by Crippen LogP contribution is -2.25. The largest absolute Gasteiger partial charge is 0.464 e. The normalized spacial score (nSPS) is 19.5. The molecule has 8 heteroatoms. The number of nitrogens with one attached hydrogen (secondary N) is 1. The van der Waals surface area contributed by atoms with Crippen molar-refractivity contribution in [2.45, 2.75) is 19.4 Å². The van der Waals surface area contributed by atoms with Gasteiger partial charge in [-0.25, -0.2) is 5.84 Å². The van der Waals surface area contributed by atoms with Crippen molar-refractivity contribution in [2.75, 3.05) is 30.0 Å². The maximum atomic E-state index is 9.48. The summed E-state index contributed by atoms with van der Waals surface area (Å²) in [6.45, 7) is 3.54. The molecule has 1 saturated heterocycles. The summed E-state index contributed by atoms with van der Waals surface area (Å²) < 4.78 is 5.23. The lowest BCUT2D eigenvalue weighted by Gasteiger charge is -2.16. The number of hydrogen-bond donors (Lipinski definition) is 3. The third-order valence-corrected chi connectivity index (χ3v) is 2.45. The second-order valence-electron chi connectivity index (χ2n) is 3.71. The third-order valence-electron chi connectivity index (χ3n) is 2.45. The van der Waals surface area contributed by atoms with E-state index in [4.69, 9.17) is 10.6 Å². The molecule has 0 amide bonds. The molecule has 0 aromatic carbocycles. The summed E-state index contributed by atoms with van der Waals surface area (Å²) in [6, 6.07) is 0.229. The van der Waals surface area contributed by atoms with Crippen molar-refractivity contribution in [1.82, 2.24) is 15.0 Å². The summed E-state index contributed by atoms with van der Waals surface area (Å²) in [5.41, 5.74) is 2.37. The van der Waals surface area contributed by atoms with E-state index in [0.717, 1.165) is 0 Å². The molecule has 1 unspecified atom stereocenters. The molecular formula is C9H16N6O2. The molecule has 1 fully saturated rings. The number of ether oxygens (including phenoxy) is 1. The van der Waals surface area contributed by atoms with Gasteiger partial charge in [0.05, 0.1) is 12.7 Å². The van der Waals surface area contributed by atoms with Crippen LogP contribution in [0.25, 0.3) is 0 Å². The molecule has 1 atom stereocenters. The first-order valence-corrected chi connectivity index (χ1v) is 5.51. The average molecular weight is 240 g/mol. The number of nitrogens with two attached hydrogens (primary N) is 1. The highest BCUT2D eigenvalue weighted by atomic mass is 16.5. The van der Waals surface area contributed by atoms with Crippen LogP contribution in [0.3, 0.4) is 0 Å². The quantitative estimate of drug-likeness (QED) is 0.460. The molecule has 8 nitrogen and oxygen atoms in total. The lowest BCUT2D eigenvalue weighted by molar-refractivity contribution is 0.198. The van der Waals surface area contributed by atoms with Crippen LogP contribution >= 0.6 is 0 Å². The maximum Gasteiger partial charge on any atom is 0.323 e. The number of hydrogen-bond acceptors (Lipinski definition) is 8. The minimum absolute atomic E-state index is 0.229. The predicted molar refractivity (Wildman–Crippen MR) is 61.6 cm³/mol. The van der Waals surface area contributed by atoms with Gasteiger partial charge in [-0.2, -0.15) is 15.0 Å². The second-order valence-corrected chi connectivity index (χ2v) is 3.71. The SMILES string of the molecule is CCOc1nc(NN)nc(N2CCC(O)C2)n1. The van der Waals surface area contributed by atoms with Gasteiger partial charge >= 0.3 is 6.01 Å². The Morgan fingerprint density at radius 3 is 2.94 bits per heavy atom. The summed E-state index contributed by atoms with van der Waals surface area (Å²) in [6.07, 6.45) is 0.373. The molecular weight excluding hydrogens is 224 g/mol. The molecule has 0 radical (unpaired) electrons. The molecule has 2 heterocycles. The van der Waals surface area contributed by atoms with E-state index in [-0.39, 0.29) is 18.1 Å². The number of aromatic nitrogens is 3. The fourth-order valence-corrected chi connectivity index (χ4v) is 1.67. The molecule has 1 aromatic heterocycles. The summed E-state index contributed by atoms with van der Waals surface area (Å²) in [7, 11) is 0. The maximum absolute atomic E-state index is 9.48. The molecule has 0 aliphatic carbocycles.